The van der Waals surface area contributed by atoms with Crippen molar-refractivity contribution in [2.24, 2.45) is 5.73 Å². The normalized spacial score (nSPS) is 10.5. The molecule has 0 unspecified atom stereocenters. The zero-order valence-corrected chi connectivity index (χ0v) is 13.4. The maximum Gasteiger partial charge on any atom is 0.221 e. The zero-order chi connectivity index (χ0) is 16.3. The lowest BCUT2D eigenvalue weighted by Crippen LogP contribution is -2.16. The van der Waals surface area contributed by atoms with Crippen molar-refractivity contribution in [2.75, 3.05) is 12.0 Å². The molecule has 0 bridgehead atoms. The number of nitrogens with two attached hydrogens (primary N) is 2. The average Bonchev–Trinajstić information content (AvgIpc) is 2.49. The molecule has 0 spiro atoms. The third-order valence-electron chi connectivity index (χ3n) is 3.37. The van der Waals surface area contributed by atoms with E-state index in [1.54, 1.807) is 36.0 Å². The summed E-state index contributed by atoms with van der Waals surface area (Å²) in [5, 5.41) is 0. The molecule has 0 aromatic heterocycles. The van der Waals surface area contributed by atoms with E-state index >= 15 is 0 Å². The van der Waals surface area contributed by atoms with E-state index in [0.29, 0.717) is 22.4 Å². The molecule has 0 aliphatic heterocycles. The van der Waals surface area contributed by atoms with Crippen LogP contribution >= 0.6 is 11.8 Å². The van der Waals surface area contributed by atoms with Crippen molar-refractivity contribution in [3.05, 3.63) is 58.7 Å². The van der Waals surface area contributed by atoms with Gasteiger partial charge in [-0.05, 0) is 54.6 Å². The van der Waals surface area contributed by atoms with Gasteiger partial charge >= 0.3 is 0 Å². The van der Waals surface area contributed by atoms with Crippen molar-refractivity contribution in [1.29, 1.82) is 0 Å². The summed E-state index contributed by atoms with van der Waals surface area (Å²) < 4.78 is 0. The minimum atomic E-state index is -0.472. The fourth-order valence-electron chi connectivity index (χ4n) is 2.29. The molecule has 4 N–H and O–H groups in total. The molecule has 0 atom stereocenters. The van der Waals surface area contributed by atoms with Gasteiger partial charge in [0.15, 0.2) is 5.78 Å². The Morgan fingerprint density at radius 3 is 2.32 bits per heavy atom. The van der Waals surface area contributed by atoms with Gasteiger partial charge in [-0.3, -0.25) is 9.59 Å². The van der Waals surface area contributed by atoms with Gasteiger partial charge in [0.05, 0.1) is 6.42 Å². The van der Waals surface area contributed by atoms with Gasteiger partial charge < -0.3 is 11.5 Å². The fourth-order valence-corrected chi connectivity index (χ4v) is 2.70. The van der Waals surface area contributed by atoms with Crippen LogP contribution < -0.4 is 11.5 Å². The third-order valence-corrected chi connectivity index (χ3v) is 4.12. The molecule has 114 valence electrons. The average molecular weight is 314 g/mol. The van der Waals surface area contributed by atoms with Crippen LogP contribution in [0.5, 0.6) is 0 Å². The minimum absolute atomic E-state index is 0.0270. The van der Waals surface area contributed by atoms with E-state index in [1.807, 2.05) is 25.3 Å². The first kappa shape index (κ1) is 16.1. The van der Waals surface area contributed by atoms with Gasteiger partial charge in [0.2, 0.25) is 5.91 Å². The molecule has 0 saturated heterocycles. The van der Waals surface area contributed by atoms with Crippen LogP contribution in [0.1, 0.15) is 27.0 Å². The second-order valence-corrected chi connectivity index (χ2v) is 5.97. The molecule has 0 aliphatic rings. The molecule has 0 heterocycles. The van der Waals surface area contributed by atoms with Crippen LogP contribution in [0.3, 0.4) is 0 Å². The Morgan fingerprint density at radius 1 is 1.14 bits per heavy atom. The molecular weight excluding hydrogens is 296 g/mol. The first-order chi connectivity index (χ1) is 10.4. The van der Waals surface area contributed by atoms with Crippen molar-refractivity contribution < 1.29 is 9.59 Å². The third kappa shape index (κ3) is 3.49. The highest BCUT2D eigenvalue weighted by molar-refractivity contribution is 7.98. The lowest BCUT2D eigenvalue weighted by molar-refractivity contribution is -0.117. The van der Waals surface area contributed by atoms with Crippen molar-refractivity contribution in [3.8, 4) is 0 Å². The van der Waals surface area contributed by atoms with Gasteiger partial charge in [-0.25, -0.2) is 0 Å². The predicted octanol–water partition coefficient (Wildman–Crippen LogP) is 2.56. The number of hydrogen-bond acceptors (Lipinski definition) is 4. The number of amides is 1. The molecule has 2 aromatic carbocycles. The molecule has 2 aromatic rings. The predicted molar refractivity (Wildman–Crippen MR) is 90.1 cm³/mol. The molecule has 2 rings (SSSR count). The summed E-state index contributed by atoms with van der Waals surface area (Å²) in [6.45, 7) is 1.86. The standard InChI is InChI=1S/C17H18N2O2S/c1-10-7-12(9-15(18)20)16(19)14(8-10)17(21)11-3-5-13(22-2)6-4-11/h3-8H,9,19H2,1-2H3,(H2,18,20). The molecule has 0 aliphatic carbocycles. The Morgan fingerprint density at radius 2 is 1.77 bits per heavy atom. The Labute approximate surface area is 133 Å². The van der Waals surface area contributed by atoms with Crippen LogP contribution in [0.2, 0.25) is 0 Å². The summed E-state index contributed by atoms with van der Waals surface area (Å²) >= 11 is 1.61. The maximum atomic E-state index is 12.7. The summed E-state index contributed by atoms with van der Waals surface area (Å²) in [5.74, 6) is -0.625. The maximum absolute atomic E-state index is 12.7. The van der Waals surface area contributed by atoms with Crippen LogP contribution in [-0.2, 0) is 11.2 Å². The number of aryl methyl sites for hydroxylation is 1. The smallest absolute Gasteiger partial charge is 0.221 e. The molecule has 0 fully saturated rings. The number of carbonyl (C=O) groups is 2. The number of carbonyl (C=O) groups excluding carboxylic acids is 2. The van der Waals surface area contributed by atoms with Crippen LogP contribution in [0.25, 0.3) is 0 Å². The van der Waals surface area contributed by atoms with Gasteiger partial charge in [0.1, 0.15) is 0 Å². The van der Waals surface area contributed by atoms with Crippen molar-refractivity contribution >= 4 is 29.1 Å². The van der Waals surface area contributed by atoms with Crippen molar-refractivity contribution in [1.82, 2.24) is 0 Å². The van der Waals surface area contributed by atoms with Crippen molar-refractivity contribution in [2.45, 2.75) is 18.2 Å². The Bertz CT molecular complexity index is 724. The van der Waals surface area contributed by atoms with E-state index < -0.39 is 5.91 Å². The second kappa shape index (κ2) is 6.66. The van der Waals surface area contributed by atoms with Crippen LogP contribution in [0.15, 0.2) is 41.3 Å². The summed E-state index contributed by atoms with van der Waals surface area (Å²) in [5.41, 5.74) is 14.1. The summed E-state index contributed by atoms with van der Waals surface area (Å²) in [6, 6.07) is 10.9. The van der Waals surface area contributed by atoms with Gasteiger partial charge in [0, 0.05) is 21.7 Å². The molecule has 4 nitrogen and oxygen atoms in total. The van der Waals surface area contributed by atoms with Crippen LogP contribution in [0.4, 0.5) is 5.69 Å². The Balaban J connectivity index is 2.44. The lowest BCUT2D eigenvalue weighted by atomic mass is 9.95. The van der Waals surface area contributed by atoms with E-state index in [2.05, 4.69) is 0 Å². The SMILES string of the molecule is CSc1ccc(C(=O)c2cc(C)cc(CC(N)=O)c2N)cc1. The van der Waals surface area contributed by atoms with E-state index in [4.69, 9.17) is 11.5 Å². The first-order valence-electron chi connectivity index (χ1n) is 6.78. The van der Waals surface area contributed by atoms with E-state index in [0.717, 1.165) is 10.5 Å². The number of benzene rings is 2. The Kier molecular flexibility index (Phi) is 4.88. The molecule has 22 heavy (non-hydrogen) atoms. The zero-order valence-electron chi connectivity index (χ0n) is 12.6. The summed E-state index contributed by atoms with van der Waals surface area (Å²) in [6.07, 6.45) is 2.00. The molecule has 5 heteroatoms. The highest BCUT2D eigenvalue weighted by Gasteiger charge is 2.16. The number of hydrogen-bond donors (Lipinski definition) is 2. The van der Waals surface area contributed by atoms with Gasteiger partial charge in [0.25, 0.3) is 0 Å². The highest BCUT2D eigenvalue weighted by Crippen LogP contribution is 2.24. The topological polar surface area (TPSA) is 86.2 Å². The number of thioether (sulfide) groups is 1. The van der Waals surface area contributed by atoms with Crippen LogP contribution in [0, 0.1) is 6.92 Å². The van der Waals surface area contributed by atoms with E-state index in [1.165, 1.54) is 0 Å². The van der Waals surface area contributed by atoms with Crippen molar-refractivity contribution in [3.63, 3.8) is 0 Å². The number of primary amides is 1. The number of ketones is 1. The molecule has 0 saturated carbocycles. The van der Waals surface area contributed by atoms with Gasteiger partial charge in [-0.15, -0.1) is 11.8 Å². The Hall–Kier alpha value is -2.27. The minimum Gasteiger partial charge on any atom is -0.398 e. The fraction of sp³-hybridized carbons (Fsp3) is 0.176. The number of rotatable bonds is 5. The van der Waals surface area contributed by atoms with Gasteiger partial charge in [-0.2, -0.15) is 0 Å². The summed E-state index contributed by atoms with van der Waals surface area (Å²) in [4.78, 5) is 24.9. The first-order valence-corrected chi connectivity index (χ1v) is 8.01. The second-order valence-electron chi connectivity index (χ2n) is 5.09. The van der Waals surface area contributed by atoms with E-state index in [9.17, 15) is 9.59 Å². The largest absolute Gasteiger partial charge is 0.398 e. The highest BCUT2D eigenvalue weighted by atomic mass is 32.2. The van der Waals surface area contributed by atoms with Gasteiger partial charge in [-0.1, -0.05) is 6.07 Å². The number of anilines is 1. The molecular formula is C17H18N2O2S. The molecule has 0 radical (unpaired) electrons. The number of nitrogen functional groups attached to an aromatic ring is 1. The quantitative estimate of drug-likeness (QED) is 0.504. The molecule has 1 amide bonds. The van der Waals surface area contributed by atoms with E-state index in [-0.39, 0.29) is 12.2 Å². The lowest BCUT2D eigenvalue weighted by Gasteiger charge is -2.11. The monoisotopic (exact) mass is 314 g/mol. The van der Waals surface area contributed by atoms with Crippen LogP contribution in [-0.4, -0.2) is 17.9 Å². The summed E-state index contributed by atoms with van der Waals surface area (Å²) in [7, 11) is 0.